The highest BCUT2D eigenvalue weighted by molar-refractivity contribution is 7.17. The zero-order chi connectivity index (χ0) is 18.7. The van der Waals surface area contributed by atoms with Crippen molar-refractivity contribution >= 4 is 21.6 Å². The molecule has 0 spiro atoms. The Balaban J connectivity index is 2.27. The number of nitrogens with zero attached hydrogens (tertiary/aromatic N) is 2. The fraction of sp³-hybridized carbons (Fsp3) is 0.400. The molecule has 3 rings (SSSR count). The molecule has 0 fully saturated rings. The molecule has 5 nitrogen and oxygen atoms in total. The maximum Gasteiger partial charge on any atom is 0.262 e. The van der Waals surface area contributed by atoms with Crippen molar-refractivity contribution in [3.8, 4) is 16.9 Å². The standard InChI is InChI=1S/C20H24N2O3S/c1-5-6-17-21-19-18(20(23)22(17)9-10-24-3)15(12-26-19)14-11-13(2)7-8-16(14)25-4/h7-8,11-12H,5-6,9-10H2,1-4H3. The smallest absolute Gasteiger partial charge is 0.262 e. The van der Waals surface area contributed by atoms with Crippen LogP contribution in [0.2, 0.25) is 0 Å². The Morgan fingerprint density at radius 3 is 2.73 bits per heavy atom. The number of thiophene rings is 1. The third kappa shape index (κ3) is 3.39. The molecule has 2 aromatic heterocycles. The Bertz CT molecular complexity index is 975. The summed E-state index contributed by atoms with van der Waals surface area (Å²) in [7, 11) is 3.29. The molecule has 6 heteroatoms. The van der Waals surface area contributed by atoms with Crippen LogP contribution < -0.4 is 10.3 Å². The molecule has 3 aromatic rings. The summed E-state index contributed by atoms with van der Waals surface area (Å²) in [6, 6.07) is 6.00. The van der Waals surface area contributed by atoms with Crippen LogP contribution in [0.15, 0.2) is 28.4 Å². The number of fused-ring (bicyclic) bond motifs is 1. The van der Waals surface area contributed by atoms with Gasteiger partial charge in [-0.25, -0.2) is 4.98 Å². The first-order valence-electron chi connectivity index (χ1n) is 8.75. The summed E-state index contributed by atoms with van der Waals surface area (Å²) in [5.74, 6) is 1.59. The third-order valence-corrected chi connectivity index (χ3v) is 5.28. The lowest BCUT2D eigenvalue weighted by Crippen LogP contribution is -2.27. The maximum atomic E-state index is 13.3. The van der Waals surface area contributed by atoms with Gasteiger partial charge in [0.05, 0.1) is 25.6 Å². The molecule has 0 unspecified atom stereocenters. The van der Waals surface area contributed by atoms with E-state index in [-0.39, 0.29) is 5.56 Å². The van der Waals surface area contributed by atoms with Crippen molar-refractivity contribution in [2.24, 2.45) is 0 Å². The predicted molar refractivity (Wildman–Crippen MR) is 106 cm³/mol. The van der Waals surface area contributed by atoms with Crippen molar-refractivity contribution in [3.05, 3.63) is 45.3 Å². The Hall–Kier alpha value is -2.18. The zero-order valence-electron chi connectivity index (χ0n) is 15.7. The minimum absolute atomic E-state index is 0.00434. The van der Waals surface area contributed by atoms with Crippen molar-refractivity contribution < 1.29 is 9.47 Å². The second-order valence-electron chi connectivity index (χ2n) is 6.26. The quantitative estimate of drug-likeness (QED) is 0.628. The van der Waals surface area contributed by atoms with Gasteiger partial charge in [-0.3, -0.25) is 9.36 Å². The summed E-state index contributed by atoms with van der Waals surface area (Å²) in [5, 5.41) is 2.67. The molecule has 0 aliphatic rings. The molecule has 0 saturated heterocycles. The van der Waals surface area contributed by atoms with Gasteiger partial charge in [0.1, 0.15) is 16.4 Å². The number of methoxy groups -OCH3 is 2. The topological polar surface area (TPSA) is 53.3 Å². The van der Waals surface area contributed by atoms with Crippen LogP contribution in [0.3, 0.4) is 0 Å². The van der Waals surface area contributed by atoms with E-state index in [1.165, 1.54) is 11.3 Å². The fourth-order valence-electron chi connectivity index (χ4n) is 3.12. The Morgan fingerprint density at radius 2 is 2.04 bits per heavy atom. The van der Waals surface area contributed by atoms with Gasteiger partial charge in [0.2, 0.25) is 0 Å². The lowest BCUT2D eigenvalue weighted by molar-refractivity contribution is 0.185. The Kier molecular flexibility index (Phi) is 5.74. The maximum absolute atomic E-state index is 13.3. The lowest BCUT2D eigenvalue weighted by atomic mass is 10.0. The number of rotatable bonds is 7. The van der Waals surface area contributed by atoms with Gasteiger partial charge in [0, 0.05) is 30.0 Å². The zero-order valence-corrected chi connectivity index (χ0v) is 16.5. The molecule has 0 radical (unpaired) electrons. The molecular formula is C20H24N2O3S. The van der Waals surface area contributed by atoms with Crippen LogP contribution in [0, 0.1) is 6.92 Å². The molecule has 2 heterocycles. The summed E-state index contributed by atoms with van der Waals surface area (Å²) in [5.41, 5.74) is 2.93. The number of aryl methyl sites for hydroxylation is 2. The number of benzene rings is 1. The number of hydrogen-bond donors (Lipinski definition) is 0. The second-order valence-corrected chi connectivity index (χ2v) is 7.12. The van der Waals surface area contributed by atoms with Gasteiger partial charge in [-0.1, -0.05) is 18.6 Å². The molecule has 0 saturated carbocycles. The summed E-state index contributed by atoms with van der Waals surface area (Å²) in [6.45, 7) is 5.12. The first-order valence-corrected chi connectivity index (χ1v) is 9.63. The second kappa shape index (κ2) is 8.01. The molecule has 138 valence electrons. The van der Waals surface area contributed by atoms with Gasteiger partial charge in [0.25, 0.3) is 5.56 Å². The molecule has 0 aliphatic carbocycles. The van der Waals surface area contributed by atoms with Gasteiger partial charge in [0.15, 0.2) is 0 Å². The summed E-state index contributed by atoms with van der Waals surface area (Å²) in [6.07, 6.45) is 1.71. The number of hydrogen-bond acceptors (Lipinski definition) is 5. The van der Waals surface area contributed by atoms with Crippen LogP contribution in [0.4, 0.5) is 0 Å². The molecule has 0 amide bonds. The predicted octanol–water partition coefficient (Wildman–Crippen LogP) is 4.04. The monoisotopic (exact) mass is 372 g/mol. The van der Waals surface area contributed by atoms with E-state index in [1.807, 2.05) is 24.4 Å². The summed E-state index contributed by atoms with van der Waals surface area (Å²) in [4.78, 5) is 18.9. The van der Waals surface area contributed by atoms with Crippen molar-refractivity contribution in [1.82, 2.24) is 9.55 Å². The molecule has 0 atom stereocenters. The number of aromatic nitrogens is 2. The fourth-order valence-corrected chi connectivity index (χ4v) is 4.07. The first kappa shape index (κ1) is 18.6. The summed E-state index contributed by atoms with van der Waals surface area (Å²) >= 11 is 1.51. The van der Waals surface area contributed by atoms with Crippen LogP contribution in [0.5, 0.6) is 5.75 Å². The Labute approximate surface area is 157 Å². The first-order chi connectivity index (χ1) is 12.6. The van der Waals surface area contributed by atoms with Gasteiger partial charge >= 0.3 is 0 Å². The van der Waals surface area contributed by atoms with Crippen LogP contribution >= 0.6 is 11.3 Å². The molecule has 26 heavy (non-hydrogen) atoms. The molecule has 0 bridgehead atoms. The van der Waals surface area contributed by atoms with Gasteiger partial charge in [-0.05, 0) is 25.5 Å². The third-order valence-electron chi connectivity index (χ3n) is 4.41. The molecule has 0 aliphatic heterocycles. The van der Waals surface area contributed by atoms with E-state index in [2.05, 4.69) is 13.0 Å². The highest BCUT2D eigenvalue weighted by Gasteiger charge is 2.18. The average Bonchev–Trinajstić information content (AvgIpc) is 3.05. The SMILES string of the molecule is CCCc1nc2scc(-c3cc(C)ccc3OC)c2c(=O)n1CCOC. The minimum atomic E-state index is -0.00434. The van der Waals surface area contributed by atoms with Crippen LogP contribution in [-0.4, -0.2) is 30.4 Å². The lowest BCUT2D eigenvalue weighted by Gasteiger charge is -2.13. The highest BCUT2D eigenvalue weighted by atomic mass is 32.1. The van der Waals surface area contributed by atoms with Crippen LogP contribution in [0.25, 0.3) is 21.3 Å². The largest absolute Gasteiger partial charge is 0.496 e. The van der Waals surface area contributed by atoms with Gasteiger partial charge in [-0.15, -0.1) is 11.3 Å². The molecule has 0 N–H and O–H groups in total. The van der Waals surface area contributed by atoms with Crippen LogP contribution in [-0.2, 0) is 17.7 Å². The van der Waals surface area contributed by atoms with E-state index in [1.54, 1.807) is 18.8 Å². The van der Waals surface area contributed by atoms with E-state index in [9.17, 15) is 4.79 Å². The Morgan fingerprint density at radius 1 is 1.23 bits per heavy atom. The van der Waals surface area contributed by atoms with E-state index in [0.717, 1.165) is 45.9 Å². The number of ether oxygens (including phenoxy) is 2. The van der Waals surface area contributed by atoms with E-state index >= 15 is 0 Å². The van der Waals surface area contributed by atoms with Gasteiger partial charge < -0.3 is 9.47 Å². The van der Waals surface area contributed by atoms with Crippen molar-refractivity contribution in [1.29, 1.82) is 0 Å². The molecular weight excluding hydrogens is 348 g/mol. The molecule has 1 aromatic carbocycles. The highest BCUT2D eigenvalue weighted by Crippen LogP contribution is 2.37. The van der Waals surface area contributed by atoms with E-state index < -0.39 is 0 Å². The normalized spacial score (nSPS) is 11.2. The van der Waals surface area contributed by atoms with Gasteiger partial charge in [-0.2, -0.15) is 0 Å². The van der Waals surface area contributed by atoms with Crippen molar-refractivity contribution in [3.63, 3.8) is 0 Å². The summed E-state index contributed by atoms with van der Waals surface area (Å²) < 4.78 is 12.5. The minimum Gasteiger partial charge on any atom is -0.496 e. The van der Waals surface area contributed by atoms with Crippen molar-refractivity contribution in [2.75, 3.05) is 20.8 Å². The van der Waals surface area contributed by atoms with E-state index in [4.69, 9.17) is 14.5 Å². The van der Waals surface area contributed by atoms with Crippen molar-refractivity contribution in [2.45, 2.75) is 33.2 Å². The average molecular weight is 372 g/mol. The van der Waals surface area contributed by atoms with Crippen LogP contribution in [0.1, 0.15) is 24.7 Å². The van der Waals surface area contributed by atoms with E-state index in [0.29, 0.717) is 18.5 Å².